The van der Waals surface area contributed by atoms with Gasteiger partial charge in [0, 0.05) is 28.9 Å². The Morgan fingerprint density at radius 2 is 2.00 bits per heavy atom. The Hall–Kier alpha value is -3.49. The van der Waals surface area contributed by atoms with Gasteiger partial charge in [0.15, 0.2) is 5.65 Å². The summed E-state index contributed by atoms with van der Waals surface area (Å²) in [5.74, 6) is -0.679. The van der Waals surface area contributed by atoms with E-state index in [9.17, 15) is 14.3 Å². The van der Waals surface area contributed by atoms with E-state index in [2.05, 4.69) is 15.4 Å². The third kappa shape index (κ3) is 4.56. The number of nitrogens with two attached hydrogens (primary N) is 1. The Morgan fingerprint density at radius 3 is 2.75 bits per heavy atom. The molecular weight excluding hydrogens is 433 g/mol. The second-order valence-corrected chi connectivity index (χ2v) is 7.88. The largest absolute Gasteiger partial charge is 0.388 e. The van der Waals surface area contributed by atoms with Crippen molar-refractivity contribution in [1.29, 1.82) is 0 Å². The third-order valence-corrected chi connectivity index (χ3v) is 5.43. The number of pyridine rings is 1. The van der Waals surface area contributed by atoms with Crippen LogP contribution >= 0.6 is 11.6 Å². The first-order chi connectivity index (χ1) is 15.3. The molecule has 1 atom stereocenters. The van der Waals surface area contributed by atoms with Gasteiger partial charge in [-0.25, -0.2) is 8.91 Å². The molecule has 4 aromatic rings. The smallest absolute Gasteiger partial charge is 0.251 e. The van der Waals surface area contributed by atoms with Gasteiger partial charge in [0.1, 0.15) is 5.82 Å². The SMILES string of the molecule is Cc1cc(F)c(-c2ccn3nc(N)nc3c2)cc1C(=O)NCCC(O)c1ccc(Cl)cc1. The predicted molar refractivity (Wildman–Crippen MR) is 121 cm³/mol. The molecule has 0 saturated carbocycles. The second-order valence-electron chi connectivity index (χ2n) is 7.45. The maximum absolute atomic E-state index is 14.7. The Morgan fingerprint density at radius 1 is 1.25 bits per heavy atom. The number of anilines is 1. The van der Waals surface area contributed by atoms with Crippen molar-refractivity contribution in [2.45, 2.75) is 19.4 Å². The molecule has 0 saturated heterocycles. The van der Waals surface area contributed by atoms with Crippen LogP contribution in [0.5, 0.6) is 0 Å². The lowest BCUT2D eigenvalue weighted by molar-refractivity contribution is 0.0942. The third-order valence-electron chi connectivity index (χ3n) is 5.18. The Kier molecular flexibility index (Phi) is 6.07. The molecule has 7 nitrogen and oxygen atoms in total. The zero-order valence-electron chi connectivity index (χ0n) is 17.2. The number of fused-ring (bicyclic) bond motifs is 1. The quantitative estimate of drug-likeness (QED) is 0.410. The van der Waals surface area contributed by atoms with Crippen molar-refractivity contribution in [3.63, 3.8) is 0 Å². The molecule has 4 N–H and O–H groups in total. The van der Waals surface area contributed by atoms with Gasteiger partial charge in [0.2, 0.25) is 5.95 Å². The maximum Gasteiger partial charge on any atom is 0.251 e. The summed E-state index contributed by atoms with van der Waals surface area (Å²) >= 11 is 5.86. The van der Waals surface area contributed by atoms with Crippen LogP contribution in [0.2, 0.25) is 5.02 Å². The van der Waals surface area contributed by atoms with Gasteiger partial charge in [-0.15, -0.1) is 5.10 Å². The van der Waals surface area contributed by atoms with Crippen LogP contribution in [0.3, 0.4) is 0 Å². The van der Waals surface area contributed by atoms with E-state index in [1.807, 2.05) is 0 Å². The lowest BCUT2D eigenvalue weighted by Crippen LogP contribution is -2.26. The van der Waals surface area contributed by atoms with Gasteiger partial charge >= 0.3 is 0 Å². The van der Waals surface area contributed by atoms with Crippen LogP contribution in [0.1, 0.15) is 34.0 Å². The summed E-state index contributed by atoms with van der Waals surface area (Å²) in [5.41, 5.74) is 8.48. The summed E-state index contributed by atoms with van der Waals surface area (Å²) in [7, 11) is 0. The number of rotatable bonds is 6. The molecule has 2 aromatic heterocycles. The summed E-state index contributed by atoms with van der Waals surface area (Å²) in [5, 5.41) is 17.7. The van der Waals surface area contributed by atoms with E-state index in [0.717, 1.165) is 0 Å². The number of hydrogen-bond acceptors (Lipinski definition) is 5. The molecule has 1 amide bonds. The van der Waals surface area contributed by atoms with Crippen molar-refractivity contribution >= 4 is 29.1 Å². The number of aromatic nitrogens is 3. The molecule has 0 radical (unpaired) electrons. The van der Waals surface area contributed by atoms with Crippen molar-refractivity contribution in [3.8, 4) is 11.1 Å². The number of aliphatic hydroxyl groups excluding tert-OH is 1. The number of carbonyl (C=O) groups is 1. The Labute approximate surface area is 188 Å². The van der Waals surface area contributed by atoms with E-state index < -0.39 is 11.9 Å². The average Bonchev–Trinajstić information content (AvgIpc) is 3.13. The molecule has 0 aliphatic carbocycles. The maximum atomic E-state index is 14.7. The summed E-state index contributed by atoms with van der Waals surface area (Å²) < 4.78 is 16.2. The van der Waals surface area contributed by atoms with Crippen LogP contribution in [0, 0.1) is 12.7 Å². The first-order valence-electron chi connectivity index (χ1n) is 9.96. The molecule has 1 unspecified atom stereocenters. The molecule has 0 aliphatic rings. The molecule has 32 heavy (non-hydrogen) atoms. The first-order valence-corrected chi connectivity index (χ1v) is 10.3. The van der Waals surface area contributed by atoms with E-state index in [-0.39, 0.29) is 24.0 Å². The van der Waals surface area contributed by atoms with Crippen molar-refractivity contribution in [2.24, 2.45) is 0 Å². The van der Waals surface area contributed by atoms with Gasteiger partial charge in [0.25, 0.3) is 5.91 Å². The Bertz CT molecular complexity index is 1290. The van der Waals surface area contributed by atoms with Crippen molar-refractivity contribution < 1.29 is 14.3 Å². The minimum atomic E-state index is -0.736. The Balaban J connectivity index is 1.50. The summed E-state index contributed by atoms with van der Waals surface area (Å²) in [6, 6.07) is 13.1. The highest BCUT2D eigenvalue weighted by atomic mass is 35.5. The van der Waals surface area contributed by atoms with Crippen LogP contribution in [-0.2, 0) is 0 Å². The zero-order valence-corrected chi connectivity index (χ0v) is 18.0. The van der Waals surface area contributed by atoms with Crippen molar-refractivity contribution in [3.05, 3.63) is 82.3 Å². The predicted octanol–water partition coefficient (Wildman–Crippen LogP) is 3.93. The van der Waals surface area contributed by atoms with Gasteiger partial charge in [-0.2, -0.15) is 4.98 Å². The average molecular weight is 454 g/mol. The van der Waals surface area contributed by atoms with Gasteiger partial charge < -0.3 is 16.2 Å². The van der Waals surface area contributed by atoms with Crippen molar-refractivity contribution in [2.75, 3.05) is 12.3 Å². The lowest BCUT2D eigenvalue weighted by Gasteiger charge is -2.14. The number of aliphatic hydroxyl groups is 1. The second kappa shape index (κ2) is 8.94. The van der Waals surface area contributed by atoms with Crippen molar-refractivity contribution in [1.82, 2.24) is 19.9 Å². The lowest BCUT2D eigenvalue weighted by atomic mass is 9.99. The molecule has 0 spiro atoms. The number of nitrogens with one attached hydrogen (secondary N) is 1. The van der Waals surface area contributed by atoms with Gasteiger partial charge in [0.05, 0.1) is 6.10 Å². The summed E-state index contributed by atoms with van der Waals surface area (Å²) in [6.45, 7) is 1.92. The molecule has 2 aromatic carbocycles. The molecule has 0 fully saturated rings. The minimum Gasteiger partial charge on any atom is -0.388 e. The highest BCUT2D eigenvalue weighted by Gasteiger charge is 2.16. The van der Waals surface area contributed by atoms with Gasteiger partial charge in [-0.3, -0.25) is 4.79 Å². The molecule has 9 heteroatoms. The number of carbonyl (C=O) groups excluding carboxylic acids is 1. The molecule has 0 aliphatic heterocycles. The molecule has 0 bridgehead atoms. The molecule has 164 valence electrons. The van der Waals surface area contributed by atoms with Gasteiger partial charge in [-0.1, -0.05) is 23.7 Å². The van der Waals surface area contributed by atoms with E-state index in [0.29, 0.717) is 39.3 Å². The van der Waals surface area contributed by atoms with E-state index in [4.69, 9.17) is 17.3 Å². The molecular formula is C23H21ClFN5O2. The number of hydrogen-bond donors (Lipinski definition) is 3. The van der Waals surface area contributed by atoms with Gasteiger partial charge in [-0.05, 0) is 66.4 Å². The normalized spacial score (nSPS) is 12.1. The number of nitrogen functional groups attached to an aromatic ring is 1. The fraction of sp³-hybridized carbons (Fsp3) is 0.174. The number of halogens is 2. The van der Waals surface area contributed by atoms with E-state index in [1.165, 1.54) is 16.6 Å². The van der Waals surface area contributed by atoms with E-state index >= 15 is 0 Å². The first kappa shape index (κ1) is 21.7. The van der Waals surface area contributed by atoms with Crippen LogP contribution in [0.4, 0.5) is 10.3 Å². The number of aryl methyl sites for hydroxylation is 1. The topological polar surface area (TPSA) is 106 Å². The van der Waals surface area contributed by atoms with Crippen LogP contribution in [0.15, 0.2) is 54.7 Å². The zero-order chi connectivity index (χ0) is 22.8. The highest BCUT2D eigenvalue weighted by Crippen LogP contribution is 2.27. The van der Waals surface area contributed by atoms with Crippen LogP contribution in [0.25, 0.3) is 16.8 Å². The highest BCUT2D eigenvalue weighted by molar-refractivity contribution is 6.30. The minimum absolute atomic E-state index is 0.118. The summed E-state index contributed by atoms with van der Waals surface area (Å²) in [6.07, 6.45) is 1.22. The van der Waals surface area contributed by atoms with Crippen LogP contribution < -0.4 is 11.1 Å². The number of amides is 1. The monoisotopic (exact) mass is 453 g/mol. The number of benzene rings is 2. The van der Waals surface area contributed by atoms with E-state index in [1.54, 1.807) is 49.5 Å². The standard InChI is InChI=1S/C23H21ClFN5O2/c1-13-10-19(25)18(15-7-9-30-21(11-15)28-23(26)29-30)12-17(13)22(32)27-8-6-20(31)14-2-4-16(24)5-3-14/h2-5,7,9-12,20,31H,6,8H2,1H3,(H2,26,29)(H,27,32). The fourth-order valence-corrected chi connectivity index (χ4v) is 3.60. The molecule has 4 rings (SSSR count). The summed E-state index contributed by atoms with van der Waals surface area (Å²) in [4.78, 5) is 16.9. The molecule has 2 heterocycles. The number of nitrogens with zero attached hydrogens (tertiary/aromatic N) is 3. The fourth-order valence-electron chi connectivity index (χ4n) is 3.47. The van der Waals surface area contributed by atoms with Crippen LogP contribution in [-0.4, -0.2) is 32.2 Å².